The summed E-state index contributed by atoms with van der Waals surface area (Å²) in [7, 11) is 1.48. The first-order chi connectivity index (χ1) is 14.5. The number of methoxy groups -OCH3 is 1. The number of anilines is 1. The van der Waals surface area contributed by atoms with Gasteiger partial charge in [-0.3, -0.25) is 14.5 Å². The van der Waals surface area contributed by atoms with Gasteiger partial charge in [0.15, 0.2) is 0 Å². The molecule has 0 aromatic heterocycles. The van der Waals surface area contributed by atoms with Crippen molar-refractivity contribution in [2.24, 2.45) is 0 Å². The van der Waals surface area contributed by atoms with Crippen LogP contribution in [-0.2, 0) is 9.59 Å². The Morgan fingerprint density at radius 2 is 1.67 bits per heavy atom. The summed E-state index contributed by atoms with van der Waals surface area (Å²) in [5.41, 5.74) is 1.02. The minimum Gasteiger partial charge on any atom is -0.507 e. The summed E-state index contributed by atoms with van der Waals surface area (Å²) in [6.45, 7) is 0. The zero-order chi connectivity index (χ0) is 21.3. The lowest BCUT2D eigenvalue weighted by Crippen LogP contribution is -2.29. The fourth-order valence-electron chi connectivity index (χ4n) is 3.66. The van der Waals surface area contributed by atoms with E-state index in [0.29, 0.717) is 16.9 Å². The summed E-state index contributed by atoms with van der Waals surface area (Å²) in [6.07, 6.45) is 0. The number of halogens is 1. The number of ether oxygens (including phenoxy) is 1. The van der Waals surface area contributed by atoms with Gasteiger partial charge in [-0.05, 0) is 24.3 Å². The highest BCUT2D eigenvalue weighted by atomic mass is 19.1. The van der Waals surface area contributed by atoms with E-state index in [0.717, 1.165) is 0 Å². The number of hydrogen-bond donors (Lipinski definition) is 1. The number of carbonyl (C=O) groups excluding carboxylic acids is 2. The normalized spacial score (nSPS) is 17.9. The molecular formula is C24H18FNO4. The molecule has 5 nitrogen and oxygen atoms in total. The summed E-state index contributed by atoms with van der Waals surface area (Å²) in [4.78, 5) is 27.2. The zero-order valence-corrected chi connectivity index (χ0v) is 16.1. The van der Waals surface area contributed by atoms with Gasteiger partial charge in [0.2, 0.25) is 0 Å². The van der Waals surface area contributed by atoms with Gasteiger partial charge in [-0.25, -0.2) is 4.39 Å². The number of amides is 1. The second-order valence-corrected chi connectivity index (χ2v) is 6.76. The molecule has 3 aromatic carbocycles. The number of ketones is 1. The summed E-state index contributed by atoms with van der Waals surface area (Å²) < 4.78 is 19.4. The minimum absolute atomic E-state index is 0.0834. The molecule has 0 aliphatic carbocycles. The van der Waals surface area contributed by atoms with Crippen LogP contribution in [0.2, 0.25) is 0 Å². The smallest absolute Gasteiger partial charge is 0.300 e. The molecule has 1 heterocycles. The van der Waals surface area contributed by atoms with Crippen molar-refractivity contribution in [3.8, 4) is 5.75 Å². The molecule has 1 saturated heterocycles. The Balaban J connectivity index is 2.00. The average molecular weight is 403 g/mol. The van der Waals surface area contributed by atoms with E-state index in [9.17, 15) is 19.1 Å². The van der Waals surface area contributed by atoms with E-state index < -0.39 is 23.5 Å². The molecule has 0 saturated carbocycles. The molecule has 30 heavy (non-hydrogen) atoms. The number of aliphatic hydroxyl groups excluding tert-OH is 1. The van der Waals surface area contributed by atoms with Crippen LogP contribution in [0, 0.1) is 5.82 Å². The molecular weight excluding hydrogens is 385 g/mol. The number of rotatable bonds is 4. The summed E-state index contributed by atoms with van der Waals surface area (Å²) in [5.74, 6) is -2.12. The van der Waals surface area contributed by atoms with Crippen molar-refractivity contribution < 1.29 is 23.8 Å². The quantitative estimate of drug-likeness (QED) is 0.397. The van der Waals surface area contributed by atoms with Crippen molar-refractivity contribution in [3.63, 3.8) is 0 Å². The molecule has 1 aliphatic heterocycles. The Morgan fingerprint density at radius 1 is 0.967 bits per heavy atom. The molecule has 1 fully saturated rings. The highest BCUT2D eigenvalue weighted by Crippen LogP contribution is 2.44. The molecule has 1 N–H and O–H groups in total. The topological polar surface area (TPSA) is 66.8 Å². The van der Waals surface area contributed by atoms with Crippen LogP contribution in [0.5, 0.6) is 5.75 Å². The molecule has 150 valence electrons. The molecule has 1 unspecified atom stereocenters. The van der Waals surface area contributed by atoms with Crippen LogP contribution < -0.4 is 9.64 Å². The van der Waals surface area contributed by atoms with Gasteiger partial charge in [0, 0.05) is 16.8 Å². The number of nitrogens with zero attached hydrogens (tertiary/aromatic N) is 1. The Morgan fingerprint density at radius 3 is 2.37 bits per heavy atom. The van der Waals surface area contributed by atoms with Crippen LogP contribution in [0.1, 0.15) is 17.2 Å². The van der Waals surface area contributed by atoms with Crippen molar-refractivity contribution in [2.75, 3.05) is 12.0 Å². The average Bonchev–Trinajstić information content (AvgIpc) is 3.04. The van der Waals surface area contributed by atoms with Gasteiger partial charge >= 0.3 is 0 Å². The third kappa shape index (κ3) is 3.22. The van der Waals surface area contributed by atoms with E-state index in [1.165, 1.54) is 30.2 Å². The summed E-state index contributed by atoms with van der Waals surface area (Å²) in [5, 5.41) is 11.0. The fraction of sp³-hybridized carbons (Fsp3) is 0.0833. The van der Waals surface area contributed by atoms with Crippen LogP contribution in [-0.4, -0.2) is 23.9 Å². The molecule has 6 heteroatoms. The number of carbonyl (C=O) groups is 2. The van der Waals surface area contributed by atoms with Crippen molar-refractivity contribution in [3.05, 3.63) is 101 Å². The fourth-order valence-corrected chi connectivity index (χ4v) is 3.66. The SMILES string of the molecule is COc1ccccc1C1/C(=C(\O)c2ccccc2)C(=O)C(=O)N1c1cccc(F)c1. The first-order valence-electron chi connectivity index (χ1n) is 9.28. The van der Waals surface area contributed by atoms with Crippen LogP contribution in [0.15, 0.2) is 84.4 Å². The van der Waals surface area contributed by atoms with Crippen LogP contribution in [0.3, 0.4) is 0 Å². The van der Waals surface area contributed by atoms with Gasteiger partial charge in [-0.2, -0.15) is 0 Å². The molecule has 1 amide bonds. The second-order valence-electron chi connectivity index (χ2n) is 6.76. The maximum absolute atomic E-state index is 13.9. The number of hydrogen-bond acceptors (Lipinski definition) is 4. The van der Waals surface area contributed by atoms with Gasteiger partial charge in [0.05, 0.1) is 18.7 Å². The predicted molar refractivity (Wildman–Crippen MR) is 111 cm³/mol. The molecule has 0 bridgehead atoms. The Labute approximate surface area is 172 Å². The number of benzene rings is 3. The van der Waals surface area contributed by atoms with Crippen LogP contribution in [0.4, 0.5) is 10.1 Å². The van der Waals surface area contributed by atoms with Crippen LogP contribution in [0.25, 0.3) is 5.76 Å². The lowest BCUT2D eigenvalue weighted by atomic mass is 9.94. The number of aliphatic hydroxyl groups is 1. The van der Waals surface area contributed by atoms with E-state index in [1.807, 2.05) is 0 Å². The summed E-state index contributed by atoms with van der Waals surface area (Å²) >= 11 is 0. The van der Waals surface area contributed by atoms with E-state index in [2.05, 4.69) is 0 Å². The Bertz CT molecular complexity index is 1160. The standard InChI is InChI=1S/C24H18FNO4/c1-30-19-13-6-5-12-18(19)21-20(22(27)15-8-3-2-4-9-15)23(28)24(29)26(21)17-11-7-10-16(25)14-17/h2-14,21,27H,1H3/b22-20+. The predicted octanol–water partition coefficient (Wildman–Crippen LogP) is 4.46. The van der Waals surface area contributed by atoms with E-state index in [4.69, 9.17) is 4.74 Å². The number of para-hydroxylation sites is 1. The minimum atomic E-state index is -0.983. The van der Waals surface area contributed by atoms with Crippen LogP contribution >= 0.6 is 0 Å². The Kier molecular flexibility index (Phi) is 5.06. The van der Waals surface area contributed by atoms with Gasteiger partial charge in [-0.15, -0.1) is 0 Å². The van der Waals surface area contributed by atoms with E-state index in [-0.39, 0.29) is 17.0 Å². The van der Waals surface area contributed by atoms with Crippen molar-refractivity contribution in [1.82, 2.24) is 0 Å². The molecule has 1 atom stereocenters. The maximum atomic E-state index is 13.9. The van der Waals surface area contributed by atoms with Crippen molar-refractivity contribution >= 4 is 23.1 Å². The molecule has 0 radical (unpaired) electrons. The van der Waals surface area contributed by atoms with Gasteiger partial charge < -0.3 is 9.84 Å². The van der Waals surface area contributed by atoms with Gasteiger partial charge in [-0.1, -0.05) is 54.6 Å². The lowest BCUT2D eigenvalue weighted by Gasteiger charge is -2.26. The number of Topliss-reactive ketones (excluding diaryl/α,β-unsaturated/α-hetero) is 1. The first-order valence-corrected chi connectivity index (χ1v) is 9.28. The molecule has 0 spiro atoms. The third-order valence-corrected chi connectivity index (χ3v) is 5.01. The van der Waals surface area contributed by atoms with Gasteiger partial charge in [0.1, 0.15) is 17.3 Å². The van der Waals surface area contributed by atoms with Crippen molar-refractivity contribution in [2.45, 2.75) is 6.04 Å². The third-order valence-electron chi connectivity index (χ3n) is 5.01. The maximum Gasteiger partial charge on any atom is 0.300 e. The van der Waals surface area contributed by atoms with Crippen molar-refractivity contribution in [1.29, 1.82) is 0 Å². The second kappa shape index (κ2) is 7.83. The first kappa shape index (κ1) is 19.4. The zero-order valence-electron chi connectivity index (χ0n) is 16.1. The molecule has 4 rings (SSSR count). The van der Waals surface area contributed by atoms with Gasteiger partial charge in [0.25, 0.3) is 11.7 Å². The van der Waals surface area contributed by atoms with E-state index in [1.54, 1.807) is 60.7 Å². The lowest BCUT2D eigenvalue weighted by molar-refractivity contribution is -0.132. The monoisotopic (exact) mass is 403 g/mol. The molecule has 3 aromatic rings. The largest absolute Gasteiger partial charge is 0.507 e. The highest BCUT2D eigenvalue weighted by Gasteiger charge is 2.47. The summed E-state index contributed by atoms with van der Waals surface area (Å²) in [6, 6.07) is 19.9. The highest BCUT2D eigenvalue weighted by molar-refractivity contribution is 6.51. The molecule has 1 aliphatic rings. The Hall–Kier alpha value is -3.93. The van der Waals surface area contributed by atoms with E-state index >= 15 is 0 Å².